The second-order valence-corrected chi connectivity index (χ2v) is 5.84. The molecule has 0 saturated carbocycles. The molecule has 0 unspecified atom stereocenters. The van der Waals surface area contributed by atoms with Gasteiger partial charge in [-0.2, -0.15) is 0 Å². The SMILES string of the molecule is CCOc1ccccc1NC(=O)c1ccc(C)c(NC(=O)c2ccco2)c1. The minimum absolute atomic E-state index is 0.204. The number of rotatable bonds is 6. The van der Waals surface area contributed by atoms with Gasteiger partial charge in [0.15, 0.2) is 5.76 Å². The molecule has 0 spiro atoms. The molecule has 0 radical (unpaired) electrons. The number of ether oxygens (including phenoxy) is 1. The van der Waals surface area contributed by atoms with E-state index in [1.165, 1.54) is 6.26 Å². The lowest BCUT2D eigenvalue weighted by molar-refractivity contribution is 0.0993. The highest BCUT2D eigenvalue weighted by Gasteiger charge is 2.14. The van der Waals surface area contributed by atoms with E-state index in [0.717, 1.165) is 5.56 Å². The van der Waals surface area contributed by atoms with Crippen molar-refractivity contribution in [2.24, 2.45) is 0 Å². The van der Waals surface area contributed by atoms with Crippen molar-refractivity contribution in [3.05, 3.63) is 77.7 Å². The molecule has 1 aromatic heterocycles. The van der Waals surface area contributed by atoms with Crippen molar-refractivity contribution in [1.82, 2.24) is 0 Å². The smallest absolute Gasteiger partial charge is 0.291 e. The molecule has 1 heterocycles. The second-order valence-electron chi connectivity index (χ2n) is 5.84. The Balaban J connectivity index is 1.79. The average Bonchev–Trinajstić information content (AvgIpc) is 3.20. The number of furan rings is 1. The molecule has 2 aromatic carbocycles. The lowest BCUT2D eigenvalue weighted by Gasteiger charge is -2.13. The third-order valence-corrected chi connectivity index (χ3v) is 3.93. The topological polar surface area (TPSA) is 80.6 Å². The van der Waals surface area contributed by atoms with Gasteiger partial charge in [-0.1, -0.05) is 18.2 Å². The van der Waals surface area contributed by atoms with Gasteiger partial charge in [-0.25, -0.2) is 0 Å². The van der Waals surface area contributed by atoms with Crippen LogP contribution in [0.1, 0.15) is 33.4 Å². The Kier molecular flexibility index (Phi) is 5.56. The van der Waals surface area contributed by atoms with Crippen LogP contribution >= 0.6 is 0 Å². The molecule has 0 aliphatic rings. The molecule has 3 aromatic rings. The fraction of sp³-hybridized carbons (Fsp3) is 0.143. The summed E-state index contributed by atoms with van der Waals surface area (Å²) >= 11 is 0. The summed E-state index contributed by atoms with van der Waals surface area (Å²) in [5, 5.41) is 5.61. The maximum absolute atomic E-state index is 12.7. The maximum Gasteiger partial charge on any atom is 0.291 e. The van der Waals surface area contributed by atoms with Gasteiger partial charge in [-0.15, -0.1) is 0 Å². The molecule has 0 bridgehead atoms. The van der Waals surface area contributed by atoms with Gasteiger partial charge >= 0.3 is 0 Å². The summed E-state index contributed by atoms with van der Waals surface area (Å²) in [6.07, 6.45) is 1.43. The van der Waals surface area contributed by atoms with Crippen LogP contribution in [0.4, 0.5) is 11.4 Å². The van der Waals surface area contributed by atoms with E-state index in [4.69, 9.17) is 9.15 Å². The third-order valence-electron chi connectivity index (χ3n) is 3.93. The van der Waals surface area contributed by atoms with E-state index in [9.17, 15) is 9.59 Å². The number of hydrogen-bond donors (Lipinski definition) is 2. The molecular weight excluding hydrogens is 344 g/mol. The van der Waals surface area contributed by atoms with Crippen LogP contribution in [0.25, 0.3) is 0 Å². The number of hydrogen-bond acceptors (Lipinski definition) is 4. The van der Waals surface area contributed by atoms with E-state index in [1.54, 1.807) is 42.5 Å². The molecule has 0 aliphatic heterocycles. The van der Waals surface area contributed by atoms with Crippen LogP contribution in [0.3, 0.4) is 0 Å². The van der Waals surface area contributed by atoms with Crippen molar-refractivity contribution in [3.63, 3.8) is 0 Å². The van der Waals surface area contributed by atoms with E-state index in [1.807, 2.05) is 26.0 Å². The van der Waals surface area contributed by atoms with Gasteiger partial charge in [0.25, 0.3) is 11.8 Å². The fourth-order valence-corrected chi connectivity index (χ4v) is 2.54. The molecular formula is C21H20N2O4. The summed E-state index contributed by atoms with van der Waals surface area (Å²) in [4.78, 5) is 24.8. The molecule has 2 N–H and O–H groups in total. The molecule has 3 rings (SSSR count). The number of anilines is 2. The molecule has 6 heteroatoms. The van der Waals surface area contributed by atoms with Crippen LogP contribution in [0.15, 0.2) is 65.3 Å². The van der Waals surface area contributed by atoms with Crippen LogP contribution in [-0.4, -0.2) is 18.4 Å². The van der Waals surface area contributed by atoms with Gasteiger partial charge in [0, 0.05) is 11.3 Å². The average molecular weight is 364 g/mol. The van der Waals surface area contributed by atoms with Crippen molar-refractivity contribution < 1.29 is 18.7 Å². The molecule has 2 amide bonds. The summed E-state index contributed by atoms with van der Waals surface area (Å²) in [6.45, 7) is 4.23. The van der Waals surface area contributed by atoms with Gasteiger partial charge < -0.3 is 19.8 Å². The first-order chi connectivity index (χ1) is 13.1. The first-order valence-electron chi connectivity index (χ1n) is 8.57. The van der Waals surface area contributed by atoms with E-state index in [-0.39, 0.29) is 17.6 Å². The lowest BCUT2D eigenvalue weighted by atomic mass is 10.1. The molecule has 27 heavy (non-hydrogen) atoms. The number of para-hydroxylation sites is 2. The van der Waals surface area contributed by atoms with Crippen molar-refractivity contribution >= 4 is 23.2 Å². The predicted octanol–water partition coefficient (Wildman–Crippen LogP) is 4.49. The van der Waals surface area contributed by atoms with Crippen LogP contribution in [0, 0.1) is 6.92 Å². The zero-order chi connectivity index (χ0) is 19.2. The number of benzene rings is 2. The van der Waals surface area contributed by atoms with Crippen molar-refractivity contribution in [2.75, 3.05) is 17.2 Å². The maximum atomic E-state index is 12.7. The quantitative estimate of drug-likeness (QED) is 0.675. The molecule has 0 saturated heterocycles. The summed E-state index contributed by atoms with van der Waals surface area (Å²) in [5.41, 5.74) is 2.39. The number of carbonyl (C=O) groups is 2. The number of carbonyl (C=O) groups excluding carboxylic acids is 2. The molecule has 0 atom stereocenters. The van der Waals surface area contributed by atoms with Crippen LogP contribution in [0.5, 0.6) is 5.75 Å². The molecule has 6 nitrogen and oxygen atoms in total. The van der Waals surface area contributed by atoms with E-state index in [2.05, 4.69) is 10.6 Å². The van der Waals surface area contributed by atoms with E-state index < -0.39 is 0 Å². The Morgan fingerprint density at radius 2 is 1.74 bits per heavy atom. The Morgan fingerprint density at radius 1 is 0.963 bits per heavy atom. The number of aryl methyl sites for hydroxylation is 1. The third kappa shape index (κ3) is 4.36. The summed E-state index contributed by atoms with van der Waals surface area (Å²) in [5.74, 6) is 0.139. The summed E-state index contributed by atoms with van der Waals surface area (Å²) in [6, 6.07) is 15.6. The molecule has 138 valence electrons. The molecule has 0 aliphatic carbocycles. The predicted molar refractivity (Wildman–Crippen MR) is 103 cm³/mol. The van der Waals surface area contributed by atoms with E-state index >= 15 is 0 Å². The van der Waals surface area contributed by atoms with Crippen molar-refractivity contribution in [2.45, 2.75) is 13.8 Å². The summed E-state index contributed by atoms with van der Waals surface area (Å²) < 4.78 is 10.6. The monoisotopic (exact) mass is 364 g/mol. The largest absolute Gasteiger partial charge is 0.492 e. The second kappa shape index (κ2) is 8.23. The van der Waals surface area contributed by atoms with Gasteiger partial charge in [0.05, 0.1) is 18.6 Å². The summed E-state index contributed by atoms with van der Waals surface area (Å²) in [7, 11) is 0. The zero-order valence-corrected chi connectivity index (χ0v) is 15.1. The van der Waals surface area contributed by atoms with Crippen LogP contribution in [0.2, 0.25) is 0 Å². The number of nitrogens with one attached hydrogen (secondary N) is 2. The van der Waals surface area contributed by atoms with Crippen molar-refractivity contribution in [1.29, 1.82) is 0 Å². The van der Waals surface area contributed by atoms with Crippen LogP contribution in [-0.2, 0) is 0 Å². The van der Waals surface area contributed by atoms with Gasteiger partial charge in [0.1, 0.15) is 5.75 Å². The molecule has 0 fully saturated rings. The van der Waals surface area contributed by atoms with Gasteiger partial charge in [0.2, 0.25) is 0 Å². The Hall–Kier alpha value is -3.54. The Bertz CT molecular complexity index is 949. The highest BCUT2D eigenvalue weighted by atomic mass is 16.5. The van der Waals surface area contributed by atoms with Gasteiger partial charge in [-0.3, -0.25) is 9.59 Å². The number of amides is 2. The van der Waals surface area contributed by atoms with Gasteiger partial charge in [-0.05, 0) is 55.8 Å². The lowest BCUT2D eigenvalue weighted by Crippen LogP contribution is -2.15. The Labute approximate surface area is 157 Å². The highest BCUT2D eigenvalue weighted by molar-refractivity contribution is 6.07. The zero-order valence-electron chi connectivity index (χ0n) is 15.1. The minimum atomic E-state index is -0.373. The fourth-order valence-electron chi connectivity index (χ4n) is 2.54. The minimum Gasteiger partial charge on any atom is -0.492 e. The highest BCUT2D eigenvalue weighted by Crippen LogP contribution is 2.25. The van der Waals surface area contributed by atoms with E-state index in [0.29, 0.717) is 29.3 Å². The van der Waals surface area contributed by atoms with Crippen molar-refractivity contribution in [3.8, 4) is 5.75 Å². The normalized spacial score (nSPS) is 10.3. The first kappa shape index (κ1) is 18.3. The standard InChI is InChI=1S/C21H20N2O4/c1-3-26-18-8-5-4-7-16(18)22-20(24)15-11-10-14(2)17(13-15)23-21(25)19-9-6-12-27-19/h4-13H,3H2,1-2H3,(H,22,24)(H,23,25). The first-order valence-corrected chi connectivity index (χ1v) is 8.57. The van der Waals surface area contributed by atoms with Crippen LogP contribution < -0.4 is 15.4 Å². The Morgan fingerprint density at radius 3 is 2.48 bits per heavy atom.